The van der Waals surface area contributed by atoms with Gasteiger partial charge < -0.3 is 29.7 Å². The number of nitrogens with zero attached hydrogens (tertiary/aromatic N) is 2. The number of esters is 1. The zero-order valence-electron chi connectivity index (χ0n) is 28.6. The van der Waals surface area contributed by atoms with Gasteiger partial charge in [0.15, 0.2) is 0 Å². The van der Waals surface area contributed by atoms with Crippen molar-refractivity contribution in [1.29, 1.82) is 0 Å². The van der Waals surface area contributed by atoms with Gasteiger partial charge in [0.05, 0.1) is 24.5 Å². The van der Waals surface area contributed by atoms with E-state index in [0.717, 1.165) is 16.8 Å². The van der Waals surface area contributed by atoms with Crippen LogP contribution in [0.2, 0.25) is 0 Å². The molecule has 0 unspecified atom stereocenters. The van der Waals surface area contributed by atoms with Gasteiger partial charge in [-0.25, -0.2) is 0 Å². The van der Waals surface area contributed by atoms with Crippen LogP contribution in [-0.2, 0) is 28.7 Å². The number of ether oxygens (including phenoxy) is 2. The van der Waals surface area contributed by atoms with Crippen LogP contribution in [0.5, 0.6) is 0 Å². The average Bonchev–Trinajstić information content (AvgIpc) is 3.74. The number of hydrogen-bond donors (Lipinski definition) is 2. The van der Waals surface area contributed by atoms with E-state index in [1.165, 1.54) is 0 Å². The quantitative estimate of drug-likeness (QED) is 0.142. The number of aliphatic hydroxyl groups is 1. The first-order chi connectivity index (χ1) is 23.7. The Morgan fingerprint density at radius 3 is 2.49 bits per heavy atom. The monoisotopic (exact) mass is 671 g/mol. The summed E-state index contributed by atoms with van der Waals surface area (Å²) >= 11 is 0. The Labute approximate surface area is 289 Å². The van der Waals surface area contributed by atoms with Crippen molar-refractivity contribution in [3.8, 4) is 0 Å². The summed E-state index contributed by atoms with van der Waals surface area (Å²) in [6, 6.07) is 14.1. The SMILES string of the molecule is C=CCCC(=O)NC[C@@H](OC(=O)[C@@H]1[C@H]2C(=O)N(CCCCCO)[C@H](C(=O)N(CC=C)c3c(C)cccc3C)[C@]23CC[C@H]1O3)c1ccccc1. The molecule has 5 rings (SSSR count). The maximum atomic E-state index is 14.9. The lowest BCUT2D eigenvalue weighted by Crippen LogP contribution is -2.56. The lowest BCUT2D eigenvalue weighted by Gasteiger charge is -2.37. The highest BCUT2D eigenvalue weighted by atomic mass is 16.6. The third-order valence-electron chi connectivity index (χ3n) is 10.1. The summed E-state index contributed by atoms with van der Waals surface area (Å²) in [5, 5.41) is 12.2. The number of fused-ring (bicyclic) bond motifs is 1. The van der Waals surface area contributed by atoms with Crippen LogP contribution in [0.1, 0.15) is 67.7 Å². The number of aryl methyl sites for hydroxylation is 2. The minimum absolute atomic E-state index is 0.0402. The Balaban J connectivity index is 1.47. The van der Waals surface area contributed by atoms with Gasteiger partial charge in [-0.15, -0.1) is 13.2 Å². The lowest BCUT2D eigenvalue weighted by molar-refractivity contribution is -0.160. The predicted molar refractivity (Wildman–Crippen MR) is 186 cm³/mol. The number of allylic oxidation sites excluding steroid dienone is 1. The molecular formula is C39H49N3O7. The van der Waals surface area contributed by atoms with Crippen molar-refractivity contribution >= 4 is 29.4 Å². The fourth-order valence-electron chi connectivity index (χ4n) is 7.95. The van der Waals surface area contributed by atoms with E-state index in [1.54, 1.807) is 22.0 Å². The van der Waals surface area contributed by atoms with Crippen LogP contribution in [-0.4, -0.2) is 77.7 Å². The second-order valence-electron chi connectivity index (χ2n) is 13.3. The fraction of sp³-hybridized carbons (Fsp3) is 0.487. The molecule has 2 N–H and O–H groups in total. The van der Waals surface area contributed by atoms with Crippen molar-refractivity contribution in [2.75, 3.05) is 31.1 Å². The molecule has 262 valence electrons. The third-order valence-corrected chi connectivity index (χ3v) is 10.1. The second-order valence-corrected chi connectivity index (χ2v) is 13.3. The molecule has 2 aromatic rings. The van der Waals surface area contributed by atoms with Crippen molar-refractivity contribution in [2.24, 2.45) is 11.8 Å². The normalized spacial score (nSPS) is 24.3. The molecule has 1 spiro atoms. The van der Waals surface area contributed by atoms with Gasteiger partial charge in [-0.05, 0) is 69.1 Å². The minimum atomic E-state index is -1.20. The molecule has 2 bridgehead atoms. The van der Waals surface area contributed by atoms with Crippen LogP contribution in [0.3, 0.4) is 0 Å². The molecule has 10 heteroatoms. The number of carbonyl (C=O) groups is 4. The number of carbonyl (C=O) groups excluding carboxylic acids is 4. The van der Waals surface area contributed by atoms with Gasteiger partial charge in [-0.1, -0.05) is 60.7 Å². The van der Waals surface area contributed by atoms with E-state index < -0.39 is 41.7 Å². The number of unbranched alkanes of at least 4 members (excludes halogenated alkanes) is 2. The molecule has 2 aromatic carbocycles. The summed E-state index contributed by atoms with van der Waals surface area (Å²) in [5.74, 6) is -3.13. The summed E-state index contributed by atoms with van der Waals surface area (Å²) in [4.78, 5) is 59.4. The number of likely N-dealkylation sites (tertiary alicyclic amines) is 1. The van der Waals surface area contributed by atoms with E-state index in [2.05, 4.69) is 18.5 Å². The third kappa shape index (κ3) is 7.21. The van der Waals surface area contributed by atoms with Crippen LogP contribution in [0.25, 0.3) is 0 Å². The van der Waals surface area contributed by atoms with Crippen LogP contribution < -0.4 is 10.2 Å². The van der Waals surface area contributed by atoms with Gasteiger partial charge in [0.2, 0.25) is 11.8 Å². The maximum Gasteiger partial charge on any atom is 0.313 e. The van der Waals surface area contributed by atoms with Crippen LogP contribution in [0.15, 0.2) is 73.8 Å². The average molecular weight is 672 g/mol. The van der Waals surface area contributed by atoms with Crippen molar-refractivity contribution in [3.05, 3.63) is 90.5 Å². The molecular weight excluding hydrogens is 622 g/mol. The van der Waals surface area contributed by atoms with Gasteiger partial charge in [0.1, 0.15) is 17.7 Å². The van der Waals surface area contributed by atoms with E-state index >= 15 is 0 Å². The molecule has 0 aliphatic carbocycles. The number of anilines is 1. The number of para-hydroxylation sites is 1. The van der Waals surface area contributed by atoms with E-state index in [1.807, 2.05) is 62.4 Å². The second kappa shape index (κ2) is 16.0. The van der Waals surface area contributed by atoms with Crippen molar-refractivity contribution in [2.45, 2.75) is 82.6 Å². The van der Waals surface area contributed by atoms with Crippen molar-refractivity contribution in [3.63, 3.8) is 0 Å². The molecule has 3 amide bonds. The molecule has 3 heterocycles. The summed E-state index contributed by atoms with van der Waals surface area (Å²) in [7, 11) is 0. The molecule has 0 saturated carbocycles. The molecule has 49 heavy (non-hydrogen) atoms. The summed E-state index contributed by atoms with van der Waals surface area (Å²) < 4.78 is 12.8. The molecule has 0 aromatic heterocycles. The van der Waals surface area contributed by atoms with Gasteiger partial charge in [-0.3, -0.25) is 19.2 Å². The Morgan fingerprint density at radius 2 is 1.82 bits per heavy atom. The highest BCUT2D eigenvalue weighted by Crippen LogP contribution is 2.59. The largest absolute Gasteiger partial charge is 0.455 e. The number of rotatable bonds is 17. The summed E-state index contributed by atoms with van der Waals surface area (Å²) in [6.45, 7) is 12.1. The molecule has 3 aliphatic heterocycles. The minimum Gasteiger partial charge on any atom is -0.455 e. The Morgan fingerprint density at radius 1 is 1.08 bits per heavy atom. The van der Waals surface area contributed by atoms with E-state index in [4.69, 9.17) is 9.47 Å². The van der Waals surface area contributed by atoms with Crippen molar-refractivity contribution < 1.29 is 33.8 Å². The molecule has 10 nitrogen and oxygen atoms in total. The zero-order chi connectivity index (χ0) is 35.1. The van der Waals surface area contributed by atoms with E-state index in [9.17, 15) is 24.3 Å². The maximum absolute atomic E-state index is 14.9. The summed E-state index contributed by atoms with van der Waals surface area (Å²) in [5.41, 5.74) is 2.12. The molecule has 6 atom stereocenters. The van der Waals surface area contributed by atoms with Gasteiger partial charge in [0.25, 0.3) is 5.91 Å². The fourth-order valence-corrected chi connectivity index (χ4v) is 7.95. The van der Waals surface area contributed by atoms with Crippen LogP contribution in [0.4, 0.5) is 5.69 Å². The van der Waals surface area contributed by atoms with Crippen LogP contribution in [0, 0.1) is 25.7 Å². The first-order valence-corrected chi connectivity index (χ1v) is 17.4. The predicted octanol–water partition coefficient (Wildman–Crippen LogP) is 4.73. The van der Waals surface area contributed by atoms with Gasteiger partial charge in [-0.2, -0.15) is 0 Å². The smallest absolute Gasteiger partial charge is 0.313 e. The number of hydrogen-bond acceptors (Lipinski definition) is 7. The van der Waals surface area contributed by atoms with E-state index in [0.29, 0.717) is 50.6 Å². The molecule has 0 radical (unpaired) electrons. The molecule has 3 fully saturated rings. The number of nitrogens with one attached hydrogen (secondary N) is 1. The number of aliphatic hydroxyl groups excluding tert-OH is 1. The van der Waals surface area contributed by atoms with E-state index in [-0.39, 0.29) is 43.8 Å². The Kier molecular flexibility index (Phi) is 11.7. The zero-order valence-corrected chi connectivity index (χ0v) is 28.6. The molecule has 3 aliphatic rings. The van der Waals surface area contributed by atoms with Crippen LogP contribution >= 0.6 is 0 Å². The lowest BCUT2D eigenvalue weighted by atomic mass is 9.70. The standard InChI is InChI=1S/C39H49N3O7/c1-5-7-19-31(44)40-25-30(28-17-10-8-11-18-28)48-38(47)32-29-20-21-39(49-29)33(32)36(45)42(23-12-9-13-24-43)35(39)37(46)41(22-6-2)34-26(3)15-14-16-27(34)4/h5-6,8,10-11,14-18,29-30,32-33,35,43H,1-2,7,9,12-13,19-25H2,3-4H3,(H,40,44)/t29-,30-,32+,33+,35-,39+/m1/s1. The first kappa shape index (κ1) is 36.0. The first-order valence-electron chi connectivity index (χ1n) is 17.4. The number of amides is 3. The topological polar surface area (TPSA) is 125 Å². The van der Waals surface area contributed by atoms with Gasteiger partial charge >= 0.3 is 5.97 Å². The highest BCUT2D eigenvalue weighted by molar-refractivity contribution is 6.05. The number of benzene rings is 2. The highest BCUT2D eigenvalue weighted by Gasteiger charge is 2.75. The van der Waals surface area contributed by atoms with Gasteiger partial charge in [0, 0.05) is 31.8 Å². The van der Waals surface area contributed by atoms with Crippen molar-refractivity contribution in [1.82, 2.24) is 10.2 Å². The molecule has 3 saturated heterocycles. The Bertz CT molecular complexity index is 1520. The summed E-state index contributed by atoms with van der Waals surface area (Å²) in [6.07, 6.45) is 5.58. The Hall–Kier alpha value is -4.28.